The average molecular weight is 193 g/mol. The SMILES string of the molecule is C=C.C=CCN/C(C)=C\C(C)/C=C\C. The van der Waals surface area contributed by atoms with Crippen molar-refractivity contribution in [2.45, 2.75) is 20.8 Å². The Balaban J connectivity index is 0. The normalized spacial score (nSPS) is 12.9. The molecule has 0 radical (unpaired) electrons. The first-order valence-corrected chi connectivity index (χ1v) is 4.86. The predicted octanol–water partition coefficient (Wildman–Crippen LogP) is 3.68. The van der Waals surface area contributed by atoms with Gasteiger partial charge in [-0.2, -0.15) is 0 Å². The molecule has 0 aliphatic rings. The van der Waals surface area contributed by atoms with Gasteiger partial charge in [0.25, 0.3) is 0 Å². The van der Waals surface area contributed by atoms with E-state index in [9.17, 15) is 0 Å². The van der Waals surface area contributed by atoms with E-state index >= 15 is 0 Å². The van der Waals surface area contributed by atoms with Crippen molar-refractivity contribution in [2.24, 2.45) is 5.92 Å². The van der Waals surface area contributed by atoms with Crippen molar-refractivity contribution >= 4 is 0 Å². The van der Waals surface area contributed by atoms with Crippen molar-refractivity contribution in [3.05, 3.63) is 49.7 Å². The fraction of sp³-hybridized carbons (Fsp3) is 0.385. The van der Waals surface area contributed by atoms with Gasteiger partial charge in [-0.1, -0.05) is 31.2 Å². The zero-order chi connectivity index (χ0) is 11.4. The summed E-state index contributed by atoms with van der Waals surface area (Å²) < 4.78 is 0. The van der Waals surface area contributed by atoms with E-state index in [4.69, 9.17) is 0 Å². The molecule has 0 rings (SSSR count). The first kappa shape index (κ1) is 15.2. The first-order chi connectivity index (χ1) is 6.70. The summed E-state index contributed by atoms with van der Waals surface area (Å²) in [4.78, 5) is 0. The first-order valence-electron chi connectivity index (χ1n) is 4.86. The Labute approximate surface area is 88.9 Å². The van der Waals surface area contributed by atoms with Crippen LogP contribution in [0.1, 0.15) is 20.8 Å². The summed E-state index contributed by atoms with van der Waals surface area (Å²) in [7, 11) is 0. The van der Waals surface area contributed by atoms with E-state index in [0.29, 0.717) is 5.92 Å². The molecule has 0 fully saturated rings. The molecule has 0 spiro atoms. The second-order valence-corrected chi connectivity index (χ2v) is 2.90. The molecule has 0 amide bonds. The van der Waals surface area contributed by atoms with Gasteiger partial charge in [-0.3, -0.25) is 0 Å². The van der Waals surface area contributed by atoms with Crippen LogP contribution in [-0.2, 0) is 0 Å². The minimum absolute atomic E-state index is 0.507. The Hall–Kier alpha value is -1.24. The van der Waals surface area contributed by atoms with E-state index in [1.807, 2.05) is 13.0 Å². The molecule has 1 N–H and O–H groups in total. The van der Waals surface area contributed by atoms with Crippen LogP contribution < -0.4 is 5.32 Å². The molecule has 0 aliphatic carbocycles. The van der Waals surface area contributed by atoms with Crippen LogP contribution in [0.4, 0.5) is 0 Å². The molecule has 1 atom stereocenters. The fourth-order valence-electron chi connectivity index (χ4n) is 1.05. The lowest BCUT2D eigenvalue weighted by Gasteiger charge is -2.05. The monoisotopic (exact) mass is 193 g/mol. The van der Waals surface area contributed by atoms with E-state index in [2.05, 4.69) is 57.1 Å². The predicted molar refractivity (Wildman–Crippen MR) is 67.2 cm³/mol. The van der Waals surface area contributed by atoms with Gasteiger partial charge in [0.2, 0.25) is 0 Å². The third-order valence-electron chi connectivity index (χ3n) is 1.53. The number of hydrogen-bond acceptors (Lipinski definition) is 1. The van der Waals surface area contributed by atoms with E-state index in [1.54, 1.807) is 0 Å². The number of allylic oxidation sites excluding steroid dienone is 4. The van der Waals surface area contributed by atoms with Gasteiger partial charge in [0.1, 0.15) is 0 Å². The molecule has 0 heterocycles. The van der Waals surface area contributed by atoms with E-state index in [1.165, 1.54) is 5.70 Å². The van der Waals surface area contributed by atoms with E-state index in [-0.39, 0.29) is 0 Å². The molecule has 0 bridgehead atoms. The van der Waals surface area contributed by atoms with Gasteiger partial charge in [0.05, 0.1) is 0 Å². The summed E-state index contributed by atoms with van der Waals surface area (Å²) >= 11 is 0. The fourth-order valence-corrected chi connectivity index (χ4v) is 1.05. The van der Waals surface area contributed by atoms with Crippen molar-refractivity contribution < 1.29 is 0 Å². The van der Waals surface area contributed by atoms with Crippen molar-refractivity contribution in [3.8, 4) is 0 Å². The third-order valence-corrected chi connectivity index (χ3v) is 1.53. The molecule has 14 heavy (non-hydrogen) atoms. The Kier molecular flexibility index (Phi) is 12.8. The summed E-state index contributed by atoms with van der Waals surface area (Å²) in [5.41, 5.74) is 1.21. The minimum Gasteiger partial charge on any atom is -0.385 e. The van der Waals surface area contributed by atoms with Crippen LogP contribution in [0.2, 0.25) is 0 Å². The van der Waals surface area contributed by atoms with Gasteiger partial charge in [-0.05, 0) is 19.8 Å². The molecular weight excluding hydrogens is 170 g/mol. The molecule has 1 unspecified atom stereocenters. The highest BCUT2D eigenvalue weighted by atomic mass is 14.9. The number of nitrogens with one attached hydrogen (secondary N) is 1. The lowest BCUT2D eigenvalue weighted by atomic mass is 10.1. The van der Waals surface area contributed by atoms with Crippen LogP contribution in [0, 0.1) is 5.92 Å². The maximum Gasteiger partial charge on any atom is 0.0325 e. The zero-order valence-corrected chi connectivity index (χ0v) is 9.72. The number of rotatable bonds is 5. The quantitative estimate of drug-likeness (QED) is 0.657. The van der Waals surface area contributed by atoms with Crippen LogP contribution in [0.25, 0.3) is 0 Å². The maximum atomic E-state index is 3.64. The molecule has 0 saturated carbocycles. The third kappa shape index (κ3) is 10.8. The van der Waals surface area contributed by atoms with Crippen molar-refractivity contribution in [1.82, 2.24) is 5.32 Å². The summed E-state index contributed by atoms with van der Waals surface area (Å²) in [6.45, 7) is 16.8. The molecule has 1 heteroatoms. The van der Waals surface area contributed by atoms with Crippen LogP contribution in [0.3, 0.4) is 0 Å². The molecular formula is C13H23N. The summed E-state index contributed by atoms with van der Waals surface area (Å²) in [5, 5.41) is 3.23. The maximum absolute atomic E-state index is 3.64. The molecule has 0 aromatic carbocycles. The smallest absolute Gasteiger partial charge is 0.0325 e. The van der Waals surface area contributed by atoms with Crippen LogP contribution in [0.5, 0.6) is 0 Å². The Morgan fingerprint density at radius 1 is 1.43 bits per heavy atom. The van der Waals surface area contributed by atoms with Crippen molar-refractivity contribution in [2.75, 3.05) is 6.54 Å². The minimum atomic E-state index is 0.507. The molecule has 0 saturated heterocycles. The average Bonchev–Trinajstić information content (AvgIpc) is 2.18. The van der Waals surface area contributed by atoms with E-state index in [0.717, 1.165) is 6.54 Å². The molecule has 0 aromatic heterocycles. The number of hydrogen-bond donors (Lipinski definition) is 1. The molecule has 0 aliphatic heterocycles. The summed E-state index contributed by atoms with van der Waals surface area (Å²) in [5.74, 6) is 0.507. The topological polar surface area (TPSA) is 12.0 Å². The van der Waals surface area contributed by atoms with Gasteiger partial charge in [0.15, 0.2) is 0 Å². The van der Waals surface area contributed by atoms with Gasteiger partial charge in [-0.25, -0.2) is 0 Å². The van der Waals surface area contributed by atoms with Crippen molar-refractivity contribution in [1.29, 1.82) is 0 Å². The lowest BCUT2D eigenvalue weighted by Crippen LogP contribution is -2.10. The Bertz CT molecular complexity index is 189. The summed E-state index contributed by atoms with van der Waals surface area (Å²) in [6.07, 6.45) is 8.29. The van der Waals surface area contributed by atoms with Crippen LogP contribution >= 0.6 is 0 Å². The standard InChI is InChI=1S/C11H19N.C2H4/c1-5-7-10(3)9-11(4)12-8-6-2;1-2/h5-7,9-10,12H,2,8H2,1,3-4H3;1-2H2/b7-5-,11-9-;. The Morgan fingerprint density at radius 3 is 2.43 bits per heavy atom. The second-order valence-electron chi connectivity index (χ2n) is 2.90. The molecule has 1 nitrogen and oxygen atoms in total. The molecule has 80 valence electrons. The van der Waals surface area contributed by atoms with Gasteiger partial charge < -0.3 is 5.32 Å². The van der Waals surface area contributed by atoms with Crippen LogP contribution in [-0.4, -0.2) is 6.54 Å². The van der Waals surface area contributed by atoms with Crippen LogP contribution in [0.15, 0.2) is 49.7 Å². The highest BCUT2D eigenvalue weighted by Crippen LogP contribution is 2.01. The summed E-state index contributed by atoms with van der Waals surface area (Å²) in [6, 6.07) is 0. The van der Waals surface area contributed by atoms with Gasteiger partial charge in [0, 0.05) is 12.2 Å². The van der Waals surface area contributed by atoms with Gasteiger partial charge in [-0.15, -0.1) is 19.7 Å². The van der Waals surface area contributed by atoms with Gasteiger partial charge >= 0.3 is 0 Å². The zero-order valence-electron chi connectivity index (χ0n) is 9.72. The lowest BCUT2D eigenvalue weighted by molar-refractivity contribution is 0.848. The van der Waals surface area contributed by atoms with Crippen molar-refractivity contribution in [3.63, 3.8) is 0 Å². The second kappa shape index (κ2) is 11.8. The highest BCUT2D eigenvalue weighted by molar-refractivity contribution is 5.04. The molecule has 0 aromatic rings. The van der Waals surface area contributed by atoms with E-state index < -0.39 is 0 Å². The Morgan fingerprint density at radius 2 is 2.00 bits per heavy atom. The highest BCUT2D eigenvalue weighted by Gasteiger charge is 1.91. The largest absolute Gasteiger partial charge is 0.385 e.